The standard InChI is InChI=1S/C16H27NO/c1-11(2)13-8-7-12(3)14(9-13)18-15(10-17)16(4,5)6/h7-9,11,15H,10,17H2,1-6H3. The largest absolute Gasteiger partial charge is 0.488 e. The van der Waals surface area contributed by atoms with Crippen LogP contribution in [0.25, 0.3) is 0 Å². The van der Waals surface area contributed by atoms with Crippen LogP contribution in [0.5, 0.6) is 5.75 Å². The first-order valence-electron chi connectivity index (χ1n) is 6.73. The summed E-state index contributed by atoms with van der Waals surface area (Å²) in [7, 11) is 0. The van der Waals surface area contributed by atoms with Crippen molar-refractivity contribution in [3.8, 4) is 5.75 Å². The third-order valence-corrected chi connectivity index (χ3v) is 3.33. The number of ether oxygens (including phenoxy) is 1. The SMILES string of the molecule is Cc1ccc(C(C)C)cc1OC(CN)C(C)(C)C. The van der Waals surface area contributed by atoms with E-state index in [1.165, 1.54) is 11.1 Å². The summed E-state index contributed by atoms with van der Waals surface area (Å²) in [4.78, 5) is 0. The maximum Gasteiger partial charge on any atom is 0.123 e. The molecule has 0 aliphatic carbocycles. The van der Waals surface area contributed by atoms with Gasteiger partial charge in [0.2, 0.25) is 0 Å². The van der Waals surface area contributed by atoms with Crippen LogP contribution in [0.2, 0.25) is 0 Å². The summed E-state index contributed by atoms with van der Waals surface area (Å²) in [5, 5.41) is 0. The molecule has 0 fully saturated rings. The first kappa shape index (κ1) is 15.0. The van der Waals surface area contributed by atoms with Gasteiger partial charge in [-0.15, -0.1) is 0 Å². The van der Waals surface area contributed by atoms with E-state index in [-0.39, 0.29) is 11.5 Å². The molecule has 0 bridgehead atoms. The molecule has 1 aromatic rings. The Hall–Kier alpha value is -1.02. The van der Waals surface area contributed by atoms with Gasteiger partial charge in [-0.3, -0.25) is 0 Å². The molecule has 0 radical (unpaired) electrons. The van der Waals surface area contributed by atoms with Gasteiger partial charge < -0.3 is 10.5 Å². The fourth-order valence-corrected chi connectivity index (χ4v) is 1.83. The second-order valence-corrected chi connectivity index (χ2v) is 6.39. The van der Waals surface area contributed by atoms with Gasteiger partial charge in [-0.2, -0.15) is 0 Å². The highest BCUT2D eigenvalue weighted by atomic mass is 16.5. The van der Waals surface area contributed by atoms with E-state index in [4.69, 9.17) is 10.5 Å². The third-order valence-electron chi connectivity index (χ3n) is 3.33. The molecule has 1 atom stereocenters. The molecule has 2 heteroatoms. The minimum atomic E-state index is 0.0404. The monoisotopic (exact) mass is 249 g/mol. The molecule has 1 rings (SSSR count). The smallest absolute Gasteiger partial charge is 0.123 e. The van der Waals surface area contributed by atoms with Crippen LogP contribution in [0.15, 0.2) is 18.2 Å². The summed E-state index contributed by atoms with van der Waals surface area (Å²) >= 11 is 0. The molecule has 18 heavy (non-hydrogen) atoms. The lowest BCUT2D eigenvalue weighted by atomic mass is 9.89. The van der Waals surface area contributed by atoms with Gasteiger partial charge in [-0.1, -0.05) is 46.8 Å². The van der Waals surface area contributed by atoms with Crippen molar-refractivity contribution in [1.29, 1.82) is 0 Å². The summed E-state index contributed by atoms with van der Waals surface area (Å²) in [5.41, 5.74) is 8.35. The Kier molecular flexibility index (Phi) is 4.80. The Bertz CT molecular complexity index is 391. The first-order valence-corrected chi connectivity index (χ1v) is 6.73. The zero-order valence-corrected chi connectivity index (χ0v) is 12.6. The van der Waals surface area contributed by atoms with Gasteiger partial charge in [0, 0.05) is 12.0 Å². The van der Waals surface area contributed by atoms with Crippen LogP contribution < -0.4 is 10.5 Å². The van der Waals surface area contributed by atoms with E-state index < -0.39 is 0 Å². The molecule has 0 amide bonds. The van der Waals surface area contributed by atoms with E-state index in [0.717, 1.165) is 5.75 Å². The normalized spacial score (nSPS) is 13.8. The van der Waals surface area contributed by atoms with Crippen molar-refractivity contribution in [2.24, 2.45) is 11.1 Å². The molecular formula is C16H27NO. The Morgan fingerprint density at radius 2 is 1.83 bits per heavy atom. The molecule has 0 saturated heterocycles. The fourth-order valence-electron chi connectivity index (χ4n) is 1.83. The molecule has 0 aliphatic heterocycles. The van der Waals surface area contributed by atoms with Gasteiger partial charge in [-0.05, 0) is 30.0 Å². The maximum atomic E-state index is 6.12. The quantitative estimate of drug-likeness (QED) is 0.879. The van der Waals surface area contributed by atoms with Crippen molar-refractivity contribution in [2.45, 2.75) is 53.6 Å². The van der Waals surface area contributed by atoms with E-state index in [1.807, 2.05) is 0 Å². The van der Waals surface area contributed by atoms with E-state index >= 15 is 0 Å². The van der Waals surface area contributed by atoms with E-state index in [2.05, 4.69) is 59.7 Å². The van der Waals surface area contributed by atoms with E-state index in [0.29, 0.717) is 12.5 Å². The minimum Gasteiger partial charge on any atom is -0.488 e. The average molecular weight is 249 g/mol. The van der Waals surface area contributed by atoms with Gasteiger partial charge in [0.25, 0.3) is 0 Å². The predicted molar refractivity (Wildman–Crippen MR) is 78.2 cm³/mol. The maximum absolute atomic E-state index is 6.12. The number of hydrogen-bond donors (Lipinski definition) is 1. The van der Waals surface area contributed by atoms with Gasteiger partial charge >= 0.3 is 0 Å². The molecule has 0 saturated carbocycles. The molecular weight excluding hydrogens is 222 g/mol. The molecule has 1 unspecified atom stereocenters. The lowest BCUT2D eigenvalue weighted by Gasteiger charge is -2.31. The van der Waals surface area contributed by atoms with Crippen molar-refractivity contribution in [1.82, 2.24) is 0 Å². The van der Waals surface area contributed by atoms with Crippen LogP contribution in [0.3, 0.4) is 0 Å². The molecule has 1 aromatic carbocycles. The Morgan fingerprint density at radius 3 is 2.28 bits per heavy atom. The van der Waals surface area contributed by atoms with Crippen LogP contribution in [-0.4, -0.2) is 12.6 Å². The molecule has 0 aromatic heterocycles. The zero-order chi connectivity index (χ0) is 13.9. The second-order valence-electron chi connectivity index (χ2n) is 6.39. The van der Waals surface area contributed by atoms with Gasteiger partial charge in [0.15, 0.2) is 0 Å². The Morgan fingerprint density at radius 1 is 1.22 bits per heavy atom. The molecule has 2 nitrogen and oxygen atoms in total. The van der Waals surface area contributed by atoms with Crippen LogP contribution in [0.4, 0.5) is 0 Å². The van der Waals surface area contributed by atoms with Gasteiger partial charge in [0.1, 0.15) is 11.9 Å². The van der Waals surface area contributed by atoms with E-state index in [9.17, 15) is 0 Å². The van der Waals surface area contributed by atoms with Gasteiger partial charge in [0.05, 0.1) is 0 Å². The molecule has 102 valence electrons. The molecule has 0 aliphatic rings. The van der Waals surface area contributed by atoms with E-state index in [1.54, 1.807) is 0 Å². The highest BCUT2D eigenvalue weighted by Gasteiger charge is 2.25. The number of hydrogen-bond acceptors (Lipinski definition) is 2. The average Bonchev–Trinajstić information content (AvgIpc) is 2.25. The molecule has 0 spiro atoms. The zero-order valence-electron chi connectivity index (χ0n) is 12.6. The third kappa shape index (κ3) is 3.74. The van der Waals surface area contributed by atoms with Crippen molar-refractivity contribution < 1.29 is 4.74 Å². The number of rotatable bonds is 4. The minimum absolute atomic E-state index is 0.0404. The number of nitrogens with two attached hydrogens (primary N) is 1. The number of benzene rings is 1. The first-order chi connectivity index (χ1) is 8.25. The van der Waals surface area contributed by atoms with Crippen LogP contribution in [0, 0.1) is 12.3 Å². The summed E-state index contributed by atoms with van der Waals surface area (Å²) < 4.78 is 6.12. The highest BCUT2D eigenvalue weighted by molar-refractivity contribution is 5.38. The number of aryl methyl sites for hydroxylation is 1. The lowest BCUT2D eigenvalue weighted by Crippen LogP contribution is -2.38. The van der Waals surface area contributed by atoms with Crippen LogP contribution >= 0.6 is 0 Å². The summed E-state index contributed by atoms with van der Waals surface area (Å²) in [6.45, 7) is 13.5. The predicted octanol–water partition coefficient (Wildman–Crippen LogP) is 3.87. The Balaban J connectivity index is 2.99. The fraction of sp³-hybridized carbons (Fsp3) is 0.625. The van der Waals surface area contributed by atoms with Crippen molar-refractivity contribution >= 4 is 0 Å². The molecule has 0 heterocycles. The van der Waals surface area contributed by atoms with Crippen LogP contribution in [-0.2, 0) is 0 Å². The van der Waals surface area contributed by atoms with Crippen molar-refractivity contribution in [3.05, 3.63) is 29.3 Å². The highest BCUT2D eigenvalue weighted by Crippen LogP contribution is 2.29. The second kappa shape index (κ2) is 5.75. The molecule has 2 N–H and O–H groups in total. The summed E-state index contributed by atoms with van der Waals surface area (Å²) in [5.74, 6) is 1.48. The summed E-state index contributed by atoms with van der Waals surface area (Å²) in [6, 6.07) is 6.44. The van der Waals surface area contributed by atoms with Crippen molar-refractivity contribution in [2.75, 3.05) is 6.54 Å². The lowest BCUT2D eigenvalue weighted by molar-refractivity contribution is 0.0933. The topological polar surface area (TPSA) is 35.2 Å². The Labute approximate surface area is 112 Å². The van der Waals surface area contributed by atoms with Gasteiger partial charge in [-0.25, -0.2) is 0 Å². The van der Waals surface area contributed by atoms with Crippen LogP contribution in [0.1, 0.15) is 51.7 Å². The van der Waals surface area contributed by atoms with Crippen molar-refractivity contribution in [3.63, 3.8) is 0 Å². The summed E-state index contributed by atoms with van der Waals surface area (Å²) in [6.07, 6.45) is 0.0404.